The first kappa shape index (κ1) is 19.8. The zero-order chi connectivity index (χ0) is 18.9. The molecule has 0 bridgehead atoms. The van der Waals surface area contributed by atoms with Gasteiger partial charge in [-0.25, -0.2) is 8.78 Å². The summed E-state index contributed by atoms with van der Waals surface area (Å²) in [5.74, 6) is -1.29. The number of aliphatic hydroxyl groups is 1. The molecule has 1 heterocycles. The molecule has 5 heteroatoms. The fourth-order valence-electron chi connectivity index (χ4n) is 2.41. The van der Waals surface area contributed by atoms with Gasteiger partial charge in [-0.05, 0) is 44.4 Å². The Morgan fingerprint density at radius 1 is 1.23 bits per heavy atom. The minimum absolute atomic E-state index is 0.101. The van der Waals surface area contributed by atoms with Crippen LogP contribution in [0.2, 0.25) is 0 Å². The van der Waals surface area contributed by atoms with Gasteiger partial charge in [0.25, 0.3) is 0 Å². The summed E-state index contributed by atoms with van der Waals surface area (Å²) in [6, 6.07) is 6.28. The molecule has 1 N–H and O–H groups in total. The molecule has 2 rings (SSSR count). The van der Waals surface area contributed by atoms with Crippen LogP contribution in [0.15, 0.2) is 49.2 Å². The number of rotatable bonds is 9. The Balaban J connectivity index is 2.11. The molecule has 1 unspecified atom stereocenters. The van der Waals surface area contributed by atoms with E-state index in [1.54, 1.807) is 37.3 Å². The Bertz CT molecular complexity index is 755. The first-order valence-corrected chi connectivity index (χ1v) is 8.55. The van der Waals surface area contributed by atoms with Crippen molar-refractivity contribution in [3.63, 3.8) is 0 Å². The molecule has 0 radical (unpaired) electrons. The van der Waals surface area contributed by atoms with E-state index in [1.165, 1.54) is 18.3 Å². The third-order valence-electron chi connectivity index (χ3n) is 3.78. The maximum absolute atomic E-state index is 14.4. The van der Waals surface area contributed by atoms with Gasteiger partial charge < -0.3 is 9.84 Å². The highest BCUT2D eigenvalue weighted by Gasteiger charge is 2.14. The molecule has 2 aromatic rings. The lowest BCUT2D eigenvalue weighted by Crippen LogP contribution is -1.97. The van der Waals surface area contributed by atoms with Gasteiger partial charge in [-0.2, -0.15) is 0 Å². The fraction of sp³-hybridized carbons (Fsp3) is 0.286. The zero-order valence-corrected chi connectivity index (χ0v) is 14.8. The number of nitrogens with zero attached hydrogens (tertiary/aromatic N) is 1. The quantitative estimate of drug-likeness (QED) is 0.497. The van der Waals surface area contributed by atoms with E-state index in [2.05, 4.69) is 11.6 Å². The summed E-state index contributed by atoms with van der Waals surface area (Å²) in [4.78, 5) is 4.13. The van der Waals surface area contributed by atoms with Gasteiger partial charge in [0.1, 0.15) is 12.4 Å². The van der Waals surface area contributed by atoms with E-state index in [0.29, 0.717) is 30.9 Å². The predicted octanol–water partition coefficient (Wildman–Crippen LogP) is 5.16. The van der Waals surface area contributed by atoms with E-state index < -0.39 is 11.6 Å². The van der Waals surface area contributed by atoms with Crippen LogP contribution in [0, 0.1) is 11.6 Å². The maximum atomic E-state index is 14.4. The van der Waals surface area contributed by atoms with E-state index in [-0.39, 0.29) is 17.2 Å². The smallest absolute Gasteiger partial charge is 0.168 e. The summed E-state index contributed by atoms with van der Waals surface area (Å²) < 4.78 is 34.0. The maximum Gasteiger partial charge on any atom is 0.168 e. The van der Waals surface area contributed by atoms with Crippen LogP contribution < -0.4 is 4.74 Å². The minimum atomic E-state index is -0.927. The highest BCUT2D eigenvalue weighted by Crippen LogP contribution is 2.26. The molecule has 0 aliphatic carbocycles. The summed E-state index contributed by atoms with van der Waals surface area (Å²) in [6.45, 7) is 5.63. The van der Waals surface area contributed by atoms with E-state index in [1.807, 2.05) is 0 Å². The summed E-state index contributed by atoms with van der Waals surface area (Å²) in [5.41, 5.74) is 0.623. The van der Waals surface area contributed by atoms with Crippen molar-refractivity contribution in [2.24, 2.45) is 0 Å². The lowest BCUT2D eigenvalue weighted by atomic mass is 10.1. The van der Waals surface area contributed by atoms with Crippen LogP contribution in [0.25, 0.3) is 17.3 Å². The molecule has 3 nitrogen and oxygen atoms in total. The molecule has 26 heavy (non-hydrogen) atoms. The van der Waals surface area contributed by atoms with Crippen LogP contribution in [0.4, 0.5) is 8.78 Å². The normalized spacial score (nSPS) is 12.3. The molecule has 1 atom stereocenters. The van der Waals surface area contributed by atoms with Crippen LogP contribution in [0.3, 0.4) is 0 Å². The molecule has 0 aliphatic rings. The molecule has 1 aromatic carbocycles. The van der Waals surface area contributed by atoms with Crippen LogP contribution >= 0.6 is 0 Å². The van der Waals surface area contributed by atoms with Crippen molar-refractivity contribution in [3.8, 4) is 17.0 Å². The Kier molecular flexibility index (Phi) is 7.48. The van der Waals surface area contributed by atoms with Gasteiger partial charge in [-0.1, -0.05) is 30.9 Å². The monoisotopic (exact) mass is 359 g/mol. The van der Waals surface area contributed by atoms with Gasteiger partial charge >= 0.3 is 0 Å². The van der Waals surface area contributed by atoms with Crippen molar-refractivity contribution in [1.29, 1.82) is 0 Å². The second kappa shape index (κ2) is 9.82. The number of hydrogen-bond acceptors (Lipinski definition) is 3. The number of ether oxygens (including phenoxy) is 1. The van der Waals surface area contributed by atoms with Crippen LogP contribution in [-0.4, -0.2) is 22.8 Å². The summed E-state index contributed by atoms with van der Waals surface area (Å²) in [6.07, 6.45) is 8.23. The van der Waals surface area contributed by atoms with Gasteiger partial charge in [0, 0.05) is 11.1 Å². The third-order valence-corrected chi connectivity index (χ3v) is 3.78. The van der Waals surface area contributed by atoms with Gasteiger partial charge in [0.2, 0.25) is 0 Å². The van der Waals surface area contributed by atoms with E-state index in [4.69, 9.17) is 4.74 Å². The minimum Gasteiger partial charge on any atom is -0.488 e. The van der Waals surface area contributed by atoms with Crippen molar-refractivity contribution in [2.75, 3.05) is 6.61 Å². The Hall–Kier alpha value is -2.53. The predicted molar refractivity (Wildman–Crippen MR) is 99.8 cm³/mol. The molecule has 138 valence electrons. The van der Waals surface area contributed by atoms with Crippen molar-refractivity contribution >= 4 is 6.08 Å². The van der Waals surface area contributed by atoms with Gasteiger partial charge in [0.05, 0.1) is 18.0 Å². The van der Waals surface area contributed by atoms with Crippen molar-refractivity contribution in [1.82, 2.24) is 4.98 Å². The van der Waals surface area contributed by atoms with Gasteiger partial charge in [-0.15, -0.1) is 0 Å². The Labute approximate surface area is 152 Å². The molecule has 0 spiro atoms. The average molecular weight is 359 g/mol. The molecule has 0 saturated carbocycles. The van der Waals surface area contributed by atoms with Crippen molar-refractivity contribution in [3.05, 3.63) is 66.4 Å². The second-order valence-electron chi connectivity index (χ2n) is 5.99. The molecular formula is C21H23F2NO2. The molecule has 1 aromatic heterocycles. The van der Waals surface area contributed by atoms with E-state index >= 15 is 0 Å². The lowest BCUT2D eigenvalue weighted by molar-refractivity contribution is 0.182. The highest BCUT2D eigenvalue weighted by molar-refractivity contribution is 5.64. The van der Waals surface area contributed by atoms with E-state index in [0.717, 1.165) is 6.42 Å². The number of pyridine rings is 1. The highest BCUT2D eigenvalue weighted by atomic mass is 19.2. The molecule has 0 amide bonds. The number of benzene rings is 1. The second-order valence-corrected chi connectivity index (χ2v) is 5.99. The van der Waals surface area contributed by atoms with Gasteiger partial charge in [-0.3, -0.25) is 4.98 Å². The number of aromatic nitrogens is 1. The SMILES string of the molecule is C=CCOc1ccc(-c2ccc(/C=C/CCCC(C)O)c(F)c2F)nc1. The number of allylic oxidation sites excluding steroid dienone is 1. The molecule has 0 saturated heterocycles. The number of hydrogen-bond donors (Lipinski definition) is 1. The third kappa shape index (κ3) is 5.49. The van der Waals surface area contributed by atoms with Crippen molar-refractivity contribution in [2.45, 2.75) is 32.3 Å². The molecular weight excluding hydrogens is 336 g/mol. The zero-order valence-electron chi connectivity index (χ0n) is 14.8. The lowest BCUT2D eigenvalue weighted by Gasteiger charge is -2.07. The topological polar surface area (TPSA) is 42.4 Å². The number of unbranched alkanes of at least 4 members (excludes halogenated alkanes) is 1. The average Bonchev–Trinajstić information content (AvgIpc) is 2.63. The van der Waals surface area contributed by atoms with Crippen LogP contribution in [-0.2, 0) is 0 Å². The molecule has 0 fully saturated rings. The molecule has 0 aliphatic heterocycles. The largest absolute Gasteiger partial charge is 0.488 e. The van der Waals surface area contributed by atoms with Crippen LogP contribution in [0.1, 0.15) is 31.7 Å². The number of halogens is 2. The fourth-order valence-corrected chi connectivity index (χ4v) is 2.41. The summed E-state index contributed by atoms with van der Waals surface area (Å²) >= 11 is 0. The summed E-state index contributed by atoms with van der Waals surface area (Å²) in [5, 5.41) is 9.20. The number of aliphatic hydroxyl groups excluding tert-OH is 1. The van der Waals surface area contributed by atoms with Crippen LogP contribution in [0.5, 0.6) is 5.75 Å². The van der Waals surface area contributed by atoms with Gasteiger partial charge in [0.15, 0.2) is 11.6 Å². The Morgan fingerprint density at radius 2 is 2.04 bits per heavy atom. The summed E-state index contributed by atoms with van der Waals surface area (Å²) in [7, 11) is 0. The Morgan fingerprint density at radius 3 is 2.69 bits per heavy atom. The standard InChI is InChI=1S/C21H23F2NO2/c1-3-13-26-17-10-12-19(24-14-17)18-11-9-16(20(22)21(18)23)8-6-4-5-7-15(2)25/h3,6,8-12,14-15,25H,1,4-5,7,13H2,2H3/b8-6+. The first-order chi connectivity index (χ1) is 12.5. The first-order valence-electron chi connectivity index (χ1n) is 8.55. The van der Waals surface area contributed by atoms with Crippen molar-refractivity contribution < 1.29 is 18.6 Å². The van der Waals surface area contributed by atoms with E-state index in [9.17, 15) is 13.9 Å².